The topological polar surface area (TPSA) is 97.8 Å². The van der Waals surface area contributed by atoms with Gasteiger partial charge in [0.2, 0.25) is 0 Å². The summed E-state index contributed by atoms with van der Waals surface area (Å²) in [6, 6.07) is 5.45. The van der Waals surface area contributed by atoms with E-state index in [0.717, 1.165) is 22.2 Å². The summed E-state index contributed by atoms with van der Waals surface area (Å²) in [5, 5.41) is 3.97. The van der Waals surface area contributed by atoms with Crippen LogP contribution in [0, 0.1) is 0 Å². The number of nitrogens with zero attached hydrogens (tertiary/aromatic N) is 4. The third-order valence-electron chi connectivity index (χ3n) is 4.59. The number of ether oxygens (including phenoxy) is 2. The minimum Gasteiger partial charge on any atom is -0.496 e. The Morgan fingerprint density at radius 3 is 2.72 bits per heavy atom. The molecule has 3 heterocycles. The molecule has 9 heteroatoms. The molecule has 4 aromatic rings. The van der Waals surface area contributed by atoms with Gasteiger partial charge in [-0.2, -0.15) is 0 Å². The second-order valence-electron chi connectivity index (χ2n) is 6.38. The highest BCUT2D eigenvalue weighted by atomic mass is 35.5. The summed E-state index contributed by atoms with van der Waals surface area (Å²) in [7, 11) is 3.24. The Balaban J connectivity index is 1.77. The van der Waals surface area contributed by atoms with Crippen molar-refractivity contribution in [3.8, 4) is 22.6 Å². The highest BCUT2D eigenvalue weighted by Crippen LogP contribution is 2.40. The molecule has 3 aromatic heterocycles. The van der Waals surface area contributed by atoms with E-state index in [1.807, 2.05) is 25.1 Å². The zero-order chi connectivity index (χ0) is 20.4. The molecule has 0 amide bonds. The number of fused-ring (bicyclic) bond motifs is 1. The number of hydrogen-bond donors (Lipinski definition) is 2. The average Bonchev–Trinajstić information content (AvgIpc) is 3.23. The van der Waals surface area contributed by atoms with E-state index in [-0.39, 0.29) is 6.04 Å². The van der Waals surface area contributed by atoms with Crippen LogP contribution in [0.2, 0.25) is 5.02 Å². The fraction of sp³-hybridized carbons (Fsp3) is 0.200. The first-order valence-electron chi connectivity index (χ1n) is 8.88. The minimum absolute atomic E-state index is 0.164. The number of imidazole rings is 1. The normalized spacial score (nSPS) is 12.0. The molecule has 0 aliphatic heterocycles. The van der Waals surface area contributed by atoms with Crippen LogP contribution in [0.4, 0.5) is 5.82 Å². The summed E-state index contributed by atoms with van der Waals surface area (Å²) in [5.41, 5.74) is 3.87. The predicted molar refractivity (Wildman–Crippen MR) is 112 cm³/mol. The van der Waals surface area contributed by atoms with Crippen molar-refractivity contribution in [3.05, 3.63) is 53.8 Å². The fourth-order valence-corrected chi connectivity index (χ4v) is 3.44. The molecule has 0 aliphatic carbocycles. The van der Waals surface area contributed by atoms with Gasteiger partial charge in [0.15, 0.2) is 11.5 Å². The number of anilines is 1. The first-order chi connectivity index (χ1) is 14.1. The third-order valence-corrected chi connectivity index (χ3v) is 4.81. The molecule has 4 rings (SSSR count). The summed E-state index contributed by atoms with van der Waals surface area (Å²) in [5.74, 6) is 1.99. The smallest absolute Gasteiger partial charge is 0.182 e. The molecular formula is C20H19ClN6O2. The van der Waals surface area contributed by atoms with Gasteiger partial charge in [-0.25, -0.2) is 15.0 Å². The lowest BCUT2D eigenvalue weighted by molar-refractivity contribution is 0.408. The highest BCUT2D eigenvalue weighted by molar-refractivity contribution is 6.31. The van der Waals surface area contributed by atoms with Crippen LogP contribution in [0.3, 0.4) is 0 Å². The second kappa shape index (κ2) is 7.92. The molecule has 1 atom stereocenters. The molecule has 0 saturated heterocycles. The van der Waals surface area contributed by atoms with Crippen molar-refractivity contribution in [2.24, 2.45) is 0 Å². The van der Waals surface area contributed by atoms with Gasteiger partial charge in [-0.15, -0.1) is 0 Å². The summed E-state index contributed by atoms with van der Waals surface area (Å²) < 4.78 is 11.1. The van der Waals surface area contributed by atoms with E-state index < -0.39 is 0 Å². The van der Waals surface area contributed by atoms with Gasteiger partial charge in [0.05, 0.1) is 32.8 Å². The number of nitrogens with one attached hydrogen (secondary N) is 2. The maximum Gasteiger partial charge on any atom is 0.182 e. The summed E-state index contributed by atoms with van der Waals surface area (Å²) >= 11 is 6.45. The lowest BCUT2D eigenvalue weighted by Gasteiger charge is -2.21. The van der Waals surface area contributed by atoms with Gasteiger partial charge in [-0.05, 0) is 25.1 Å². The van der Waals surface area contributed by atoms with E-state index in [9.17, 15) is 0 Å². The Morgan fingerprint density at radius 1 is 1.07 bits per heavy atom. The largest absolute Gasteiger partial charge is 0.496 e. The SMILES string of the molecule is COc1cncc(-c2cc(Cl)cc(C(C)Nc3ncnc4nc[nH]c34)c2OC)c1. The number of methoxy groups -OCH3 is 2. The number of hydrogen-bond acceptors (Lipinski definition) is 7. The first kappa shape index (κ1) is 18.9. The number of aromatic amines is 1. The minimum atomic E-state index is -0.164. The standard InChI is InChI=1S/C20H19ClN6O2/c1-11(27-20-17-19(24-9-23-17)25-10-26-20)15-5-13(21)6-16(18(15)29-3)12-4-14(28-2)8-22-7-12/h4-11H,1-3H3,(H2,23,24,25,26,27). The maximum atomic E-state index is 6.45. The number of benzene rings is 1. The molecule has 0 spiro atoms. The predicted octanol–water partition coefficient (Wildman–Crippen LogP) is 4.26. The first-order valence-corrected chi connectivity index (χ1v) is 9.26. The average molecular weight is 411 g/mol. The fourth-order valence-electron chi connectivity index (χ4n) is 3.21. The Morgan fingerprint density at radius 2 is 1.93 bits per heavy atom. The number of pyridine rings is 1. The van der Waals surface area contributed by atoms with Crippen LogP contribution < -0.4 is 14.8 Å². The van der Waals surface area contributed by atoms with Crippen molar-refractivity contribution >= 4 is 28.6 Å². The van der Waals surface area contributed by atoms with Crippen molar-refractivity contribution in [1.29, 1.82) is 0 Å². The van der Waals surface area contributed by atoms with Crippen molar-refractivity contribution in [1.82, 2.24) is 24.9 Å². The molecule has 0 aliphatic rings. The second-order valence-corrected chi connectivity index (χ2v) is 6.82. The van der Waals surface area contributed by atoms with Gasteiger partial charge in [0.1, 0.15) is 23.3 Å². The van der Waals surface area contributed by atoms with Crippen LogP contribution >= 0.6 is 11.6 Å². The maximum absolute atomic E-state index is 6.45. The zero-order valence-electron chi connectivity index (χ0n) is 16.1. The summed E-state index contributed by atoms with van der Waals surface area (Å²) in [6.45, 7) is 2.01. The van der Waals surface area contributed by atoms with Gasteiger partial charge in [0, 0.05) is 27.9 Å². The van der Waals surface area contributed by atoms with Crippen LogP contribution in [0.5, 0.6) is 11.5 Å². The number of H-pyrrole nitrogens is 1. The zero-order valence-corrected chi connectivity index (χ0v) is 16.9. The number of aromatic nitrogens is 5. The van der Waals surface area contributed by atoms with Crippen molar-refractivity contribution in [2.75, 3.05) is 19.5 Å². The molecule has 2 N–H and O–H groups in total. The lowest BCUT2D eigenvalue weighted by Crippen LogP contribution is -2.10. The van der Waals surface area contributed by atoms with E-state index in [2.05, 4.69) is 30.2 Å². The van der Waals surface area contributed by atoms with Crippen molar-refractivity contribution in [3.63, 3.8) is 0 Å². The van der Waals surface area contributed by atoms with Crippen LogP contribution in [0.15, 0.2) is 43.2 Å². The number of rotatable bonds is 6. The monoisotopic (exact) mass is 410 g/mol. The molecule has 8 nitrogen and oxygen atoms in total. The third kappa shape index (κ3) is 3.66. The number of halogens is 1. The molecule has 0 radical (unpaired) electrons. The molecular weight excluding hydrogens is 392 g/mol. The van der Waals surface area contributed by atoms with Crippen molar-refractivity contribution < 1.29 is 9.47 Å². The van der Waals surface area contributed by atoms with E-state index in [4.69, 9.17) is 21.1 Å². The van der Waals surface area contributed by atoms with Crippen LogP contribution in [0.1, 0.15) is 18.5 Å². The Kier molecular flexibility index (Phi) is 5.18. The lowest BCUT2D eigenvalue weighted by atomic mass is 9.98. The van der Waals surface area contributed by atoms with Crippen molar-refractivity contribution in [2.45, 2.75) is 13.0 Å². The van der Waals surface area contributed by atoms with Gasteiger partial charge in [0.25, 0.3) is 0 Å². The molecule has 29 heavy (non-hydrogen) atoms. The Bertz CT molecular complexity index is 1160. The molecule has 1 aromatic carbocycles. The molecule has 0 saturated carbocycles. The summed E-state index contributed by atoms with van der Waals surface area (Å²) in [6.07, 6.45) is 6.46. The van der Waals surface area contributed by atoms with Crippen LogP contribution in [-0.2, 0) is 0 Å². The van der Waals surface area contributed by atoms with E-state index in [1.165, 1.54) is 6.33 Å². The van der Waals surface area contributed by atoms with Crippen LogP contribution in [0.25, 0.3) is 22.3 Å². The van der Waals surface area contributed by atoms with E-state index in [0.29, 0.717) is 28.0 Å². The quantitative estimate of drug-likeness (QED) is 0.490. The molecule has 148 valence electrons. The summed E-state index contributed by atoms with van der Waals surface area (Å²) in [4.78, 5) is 19.9. The van der Waals surface area contributed by atoms with E-state index in [1.54, 1.807) is 32.9 Å². The Labute approximate surface area is 172 Å². The van der Waals surface area contributed by atoms with Gasteiger partial charge < -0.3 is 19.8 Å². The molecule has 0 bridgehead atoms. The molecule has 1 unspecified atom stereocenters. The van der Waals surface area contributed by atoms with Gasteiger partial charge in [-0.3, -0.25) is 4.98 Å². The van der Waals surface area contributed by atoms with Gasteiger partial charge >= 0.3 is 0 Å². The van der Waals surface area contributed by atoms with Crippen LogP contribution in [-0.4, -0.2) is 39.1 Å². The molecule has 0 fully saturated rings. The van der Waals surface area contributed by atoms with E-state index >= 15 is 0 Å². The highest BCUT2D eigenvalue weighted by Gasteiger charge is 2.20. The Hall–Kier alpha value is -3.39. The van der Waals surface area contributed by atoms with Gasteiger partial charge in [-0.1, -0.05) is 11.6 Å².